The molecule has 3 fully saturated rings. The average Bonchev–Trinajstić information content (AvgIpc) is 2.59. The van der Waals surface area contributed by atoms with Crippen LogP contribution in [0, 0.1) is 0 Å². The summed E-state index contributed by atoms with van der Waals surface area (Å²) < 4.78 is 5.47. The molecule has 140 valence electrons. The minimum Gasteiger partial charge on any atom is -0.462 e. The number of piperazine rings is 3. The largest absolute Gasteiger partial charge is 0.462 e. The summed E-state index contributed by atoms with van der Waals surface area (Å²) in [6.07, 6.45) is 11.9. The fourth-order valence-electron chi connectivity index (χ4n) is 3.73. The summed E-state index contributed by atoms with van der Waals surface area (Å²) in [5.41, 5.74) is 0. The van der Waals surface area contributed by atoms with Crippen LogP contribution in [0.25, 0.3) is 0 Å². The van der Waals surface area contributed by atoms with Gasteiger partial charge >= 0.3 is 5.97 Å². The maximum atomic E-state index is 11.9. The van der Waals surface area contributed by atoms with Crippen molar-refractivity contribution in [3.05, 3.63) is 0 Å². The summed E-state index contributed by atoms with van der Waals surface area (Å²) in [7, 11) is 0. The van der Waals surface area contributed by atoms with Crippen LogP contribution < -0.4 is 0 Å². The number of rotatable bonds is 12. The molecule has 0 spiro atoms. The fraction of sp³-hybridized carbons (Fsp3) is 0.947. The topological polar surface area (TPSA) is 32.8 Å². The maximum Gasteiger partial charge on any atom is 0.305 e. The number of carbonyl (C=O) groups excluding carboxylic acids is 1. The maximum absolute atomic E-state index is 11.9. The van der Waals surface area contributed by atoms with Crippen molar-refractivity contribution in [3.63, 3.8) is 0 Å². The van der Waals surface area contributed by atoms with Crippen molar-refractivity contribution in [3.8, 4) is 0 Å². The molecule has 0 aromatic rings. The molecule has 0 aromatic heterocycles. The highest BCUT2D eigenvalue weighted by Gasteiger charge is 2.44. The summed E-state index contributed by atoms with van der Waals surface area (Å²) in [5.74, 6) is -0.0874. The molecule has 1 unspecified atom stereocenters. The summed E-state index contributed by atoms with van der Waals surface area (Å²) in [6.45, 7) is 7.51. The van der Waals surface area contributed by atoms with Gasteiger partial charge in [0.05, 0.1) is 0 Å². The van der Waals surface area contributed by atoms with Crippen molar-refractivity contribution in [2.75, 3.05) is 39.3 Å². The van der Waals surface area contributed by atoms with Gasteiger partial charge in [-0.15, -0.1) is 0 Å². The molecule has 3 heterocycles. The monoisotopic (exact) mass is 358 g/mol. The second-order valence-corrected chi connectivity index (χ2v) is 8.12. The van der Waals surface area contributed by atoms with E-state index in [4.69, 9.17) is 16.3 Å². The Bertz CT molecular complexity index is 372. The lowest BCUT2D eigenvalue weighted by Crippen LogP contribution is -2.67. The third-order valence-corrected chi connectivity index (χ3v) is 5.81. The number of hydrogen-bond acceptors (Lipinski definition) is 4. The standard InChI is InChI=1S/C19H35ClN2O2/c1-2-3-4-5-6-7-8-9-10-11-18(23)24-17-19(20)16-21-12-14-22(19)15-13-21/h2-17H2,1H3. The normalized spacial score (nSPS) is 28.9. The molecular weight excluding hydrogens is 324 g/mol. The van der Waals surface area contributed by atoms with Gasteiger partial charge in [0.25, 0.3) is 0 Å². The number of nitrogens with zero attached hydrogens (tertiary/aromatic N) is 2. The smallest absolute Gasteiger partial charge is 0.305 e. The number of alkyl halides is 1. The molecule has 3 saturated heterocycles. The van der Waals surface area contributed by atoms with Crippen LogP contribution in [0.2, 0.25) is 0 Å². The molecule has 2 bridgehead atoms. The second kappa shape index (κ2) is 10.6. The van der Waals surface area contributed by atoms with Gasteiger partial charge in [0.15, 0.2) is 0 Å². The highest BCUT2D eigenvalue weighted by atomic mass is 35.5. The van der Waals surface area contributed by atoms with E-state index in [2.05, 4.69) is 16.7 Å². The van der Waals surface area contributed by atoms with Gasteiger partial charge in [-0.25, -0.2) is 0 Å². The van der Waals surface area contributed by atoms with Crippen molar-refractivity contribution in [2.45, 2.75) is 76.1 Å². The van der Waals surface area contributed by atoms with Crippen LogP contribution >= 0.6 is 11.6 Å². The van der Waals surface area contributed by atoms with Crippen LogP contribution in [0.15, 0.2) is 0 Å². The lowest BCUT2D eigenvalue weighted by Gasteiger charge is -2.51. The third-order valence-electron chi connectivity index (χ3n) is 5.34. The van der Waals surface area contributed by atoms with Crippen LogP contribution in [0.1, 0.15) is 71.1 Å². The van der Waals surface area contributed by atoms with E-state index in [0.717, 1.165) is 45.6 Å². The van der Waals surface area contributed by atoms with E-state index >= 15 is 0 Å². The van der Waals surface area contributed by atoms with E-state index in [9.17, 15) is 4.79 Å². The zero-order chi connectivity index (χ0) is 17.3. The lowest BCUT2D eigenvalue weighted by molar-refractivity contribution is -0.149. The number of esters is 1. The lowest BCUT2D eigenvalue weighted by atomic mass is 10.1. The van der Waals surface area contributed by atoms with Crippen LogP contribution in [-0.4, -0.2) is 60.1 Å². The average molecular weight is 359 g/mol. The highest BCUT2D eigenvalue weighted by Crippen LogP contribution is 2.30. The molecule has 0 amide bonds. The van der Waals surface area contributed by atoms with Crippen molar-refractivity contribution in [1.29, 1.82) is 0 Å². The van der Waals surface area contributed by atoms with Crippen LogP contribution in [0.3, 0.4) is 0 Å². The van der Waals surface area contributed by atoms with E-state index in [1.165, 1.54) is 44.9 Å². The first-order valence-electron chi connectivity index (χ1n) is 9.96. The van der Waals surface area contributed by atoms with Crippen LogP contribution in [0.4, 0.5) is 0 Å². The Hall–Kier alpha value is -0.320. The Morgan fingerprint density at radius 3 is 2.08 bits per heavy atom. The predicted octanol–water partition coefficient (Wildman–Crippen LogP) is 4.02. The molecule has 0 aliphatic carbocycles. The molecule has 0 saturated carbocycles. The van der Waals surface area contributed by atoms with Gasteiger partial charge in [-0.2, -0.15) is 0 Å². The van der Waals surface area contributed by atoms with Gasteiger partial charge in [0.1, 0.15) is 11.6 Å². The molecule has 3 rings (SSSR count). The van der Waals surface area contributed by atoms with Gasteiger partial charge < -0.3 is 4.74 Å². The quantitative estimate of drug-likeness (QED) is 0.228. The van der Waals surface area contributed by atoms with Gasteiger partial charge in [-0.05, 0) is 6.42 Å². The van der Waals surface area contributed by atoms with Crippen molar-refractivity contribution < 1.29 is 9.53 Å². The molecule has 3 aliphatic heterocycles. The number of carbonyl (C=O) groups is 1. The summed E-state index contributed by atoms with van der Waals surface area (Å²) in [6, 6.07) is 0. The first-order chi connectivity index (χ1) is 11.6. The zero-order valence-corrected chi connectivity index (χ0v) is 16.2. The molecule has 1 atom stereocenters. The number of hydrogen-bond donors (Lipinski definition) is 0. The molecule has 4 nitrogen and oxygen atoms in total. The Morgan fingerprint density at radius 2 is 1.54 bits per heavy atom. The number of unbranched alkanes of at least 4 members (excludes halogenated alkanes) is 8. The van der Waals surface area contributed by atoms with E-state index in [0.29, 0.717) is 13.0 Å². The Balaban J connectivity index is 1.47. The first kappa shape index (κ1) is 20.0. The van der Waals surface area contributed by atoms with E-state index in [-0.39, 0.29) is 5.97 Å². The molecule has 0 N–H and O–H groups in total. The summed E-state index contributed by atoms with van der Waals surface area (Å²) >= 11 is 6.68. The van der Waals surface area contributed by atoms with Gasteiger partial charge in [0, 0.05) is 39.1 Å². The van der Waals surface area contributed by atoms with E-state index in [1.807, 2.05) is 0 Å². The fourth-order valence-corrected chi connectivity index (χ4v) is 4.12. The Kier molecular flexibility index (Phi) is 8.85. The minimum absolute atomic E-state index is 0.0874. The van der Waals surface area contributed by atoms with E-state index in [1.54, 1.807) is 0 Å². The van der Waals surface area contributed by atoms with Gasteiger partial charge in [0.2, 0.25) is 0 Å². The van der Waals surface area contributed by atoms with E-state index < -0.39 is 5.00 Å². The minimum atomic E-state index is -0.495. The van der Waals surface area contributed by atoms with Crippen molar-refractivity contribution >= 4 is 17.6 Å². The van der Waals surface area contributed by atoms with Crippen molar-refractivity contribution in [1.82, 2.24) is 9.80 Å². The second-order valence-electron chi connectivity index (χ2n) is 7.42. The summed E-state index contributed by atoms with van der Waals surface area (Å²) in [4.78, 5) is 16.1. The molecule has 3 aliphatic rings. The summed E-state index contributed by atoms with van der Waals surface area (Å²) in [5, 5.41) is 0. The van der Waals surface area contributed by atoms with Crippen LogP contribution in [0.5, 0.6) is 0 Å². The number of fused-ring (bicyclic) bond motifs is 3. The van der Waals surface area contributed by atoms with Gasteiger partial charge in [-0.1, -0.05) is 69.9 Å². The highest BCUT2D eigenvalue weighted by molar-refractivity contribution is 6.24. The number of ether oxygens (including phenoxy) is 1. The molecule has 5 heteroatoms. The molecule has 0 radical (unpaired) electrons. The number of halogens is 1. The Morgan fingerprint density at radius 1 is 0.958 bits per heavy atom. The molecule has 24 heavy (non-hydrogen) atoms. The first-order valence-corrected chi connectivity index (χ1v) is 10.3. The van der Waals surface area contributed by atoms with Gasteiger partial charge in [-0.3, -0.25) is 14.6 Å². The Labute approximate surface area is 152 Å². The van der Waals surface area contributed by atoms with Crippen molar-refractivity contribution in [2.24, 2.45) is 0 Å². The van der Waals surface area contributed by atoms with Crippen LogP contribution in [-0.2, 0) is 9.53 Å². The SMILES string of the molecule is CCCCCCCCCCCC(=O)OCC1(Cl)CN2CCN1CC2. The molecular formula is C19H35ClN2O2. The molecule has 0 aromatic carbocycles. The third kappa shape index (κ3) is 6.53. The zero-order valence-electron chi connectivity index (χ0n) is 15.4. The predicted molar refractivity (Wildman–Crippen MR) is 99.4 cm³/mol.